The summed E-state index contributed by atoms with van der Waals surface area (Å²) in [4.78, 5) is 28.2. The second-order valence-electron chi connectivity index (χ2n) is 6.07. The average molecular weight is 313 g/mol. The molecule has 0 fully saturated rings. The van der Waals surface area contributed by atoms with Crippen molar-refractivity contribution >= 4 is 23.5 Å². The highest BCUT2D eigenvalue weighted by Crippen LogP contribution is 2.15. The van der Waals surface area contributed by atoms with Gasteiger partial charge in [-0.1, -0.05) is 25.4 Å². The van der Waals surface area contributed by atoms with E-state index in [0.717, 1.165) is 0 Å². The molecule has 0 aliphatic heterocycles. The molecule has 0 aromatic carbocycles. The van der Waals surface area contributed by atoms with E-state index in [1.165, 1.54) is 6.20 Å². The Morgan fingerprint density at radius 2 is 1.95 bits per heavy atom. The smallest absolute Gasteiger partial charge is 0.329 e. The van der Waals surface area contributed by atoms with Crippen LogP contribution in [-0.2, 0) is 9.53 Å². The van der Waals surface area contributed by atoms with Crippen molar-refractivity contribution in [2.45, 2.75) is 46.3 Å². The van der Waals surface area contributed by atoms with Crippen molar-refractivity contribution in [2.75, 3.05) is 0 Å². The predicted molar refractivity (Wildman–Crippen MR) is 81.2 cm³/mol. The molecule has 0 aliphatic carbocycles. The van der Waals surface area contributed by atoms with Crippen LogP contribution >= 0.6 is 11.6 Å². The van der Waals surface area contributed by atoms with E-state index in [9.17, 15) is 9.59 Å². The van der Waals surface area contributed by atoms with Gasteiger partial charge in [-0.25, -0.2) is 9.78 Å². The fourth-order valence-electron chi connectivity index (χ4n) is 1.64. The van der Waals surface area contributed by atoms with Gasteiger partial charge in [0, 0.05) is 6.20 Å². The van der Waals surface area contributed by atoms with E-state index in [-0.39, 0.29) is 16.6 Å². The van der Waals surface area contributed by atoms with Gasteiger partial charge in [-0.3, -0.25) is 4.79 Å². The van der Waals surface area contributed by atoms with Crippen LogP contribution in [0.5, 0.6) is 0 Å². The molecule has 1 rings (SSSR count). The maximum absolute atomic E-state index is 12.2. The average Bonchev–Trinajstić information content (AvgIpc) is 2.33. The molecule has 6 heteroatoms. The highest BCUT2D eigenvalue weighted by molar-refractivity contribution is 6.32. The van der Waals surface area contributed by atoms with Crippen molar-refractivity contribution < 1.29 is 14.3 Å². The van der Waals surface area contributed by atoms with Crippen molar-refractivity contribution in [1.82, 2.24) is 10.3 Å². The number of hydrogen-bond acceptors (Lipinski definition) is 4. The third-order valence-electron chi connectivity index (χ3n) is 2.62. The second kappa shape index (κ2) is 6.89. The minimum Gasteiger partial charge on any atom is -0.458 e. The minimum absolute atomic E-state index is 0.0988. The quantitative estimate of drug-likeness (QED) is 0.685. The summed E-state index contributed by atoms with van der Waals surface area (Å²) >= 11 is 5.88. The van der Waals surface area contributed by atoms with Crippen LogP contribution in [0.25, 0.3) is 0 Å². The molecule has 116 valence electrons. The molecule has 1 atom stereocenters. The van der Waals surface area contributed by atoms with Crippen LogP contribution in [0.4, 0.5) is 0 Å². The predicted octanol–water partition coefficient (Wildman–Crippen LogP) is 2.83. The first-order valence-corrected chi connectivity index (χ1v) is 7.14. The monoisotopic (exact) mass is 312 g/mol. The lowest BCUT2D eigenvalue weighted by Gasteiger charge is -2.26. The van der Waals surface area contributed by atoms with E-state index in [1.807, 2.05) is 13.8 Å². The highest BCUT2D eigenvalue weighted by Gasteiger charge is 2.29. The van der Waals surface area contributed by atoms with Gasteiger partial charge in [0.2, 0.25) is 0 Å². The third-order valence-corrected chi connectivity index (χ3v) is 2.92. The number of nitrogens with one attached hydrogen (secondary N) is 1. The summed E-state index contributed by atoms with van der Waals surface area (Å²) in [6.07, 6.45) is 1.49. The zero-order valence-electron chi connectivity index (χ0n) is 12.9. The number of pyridine rings is 1. The van der Waals surface area contributed by atoms with Crippen LogP contribution in [0.15, 0.2) is 18.3 Å². The van der Waals surface area contributed by atoms with E-state index in [2.05, 4.69) is 10.3 Å². The Bertz CT molecular complexity index is 524. The highest BCUT2D eigenvalue weighted by atomic mass is 35.5. The van der Waals surface area contributed by atoms with Gasteiger partial charge in [-0.15, -0.1) is 0 Å². The van der Waals surface area contributed by atoms with E-state index in [4.69, 9.17) is 16.3 Å². The first kappa shape index (κ1) is 17.4. The summed E-state index contributed by atoms with van der Waals surface area (Å²) in [6, 6.07) is 2.42. The van der Waals surface area contributed by atoms with E-state index in [0.29, 0.717) is 0 Å². The van der Waals surface area contributed by atoms with Gasteiger partial charge in [0.05, 0.1) is 5.56 Å². The molecule has 0 spiro atoms. The number of ether oxygens (including phenoxy) is 1. The number of hydrogen-bond donors (Lipinski definition) is 1. The Morgan fingerprint density at radius 3 is 2.43 bits per heavy atom. The van der Waals surface area contributed by atoms with Crippen molar-refractivity contribution in [3.8, 4) is 0 Å². The number of aromatic nitrogens is 1. The summed E-state index contributed by atoms with van der Waals surface area (Å²) in [5.41, 5.74) is -0.380. The summed E-state index contributed by atoms with van der Waals surface area (Å²) in [7, 11) is 0. The van der Waals surface area contributed by atoms with Gasteiger partial charge >= 0.3 is 5.97 Å². The standard InChI is InChI=1S/C15H21ClN2O3/c1-9(2)11(14(20)21-15(3,4)5)18-13(19)10-7-6-8-17-12(10)16/h6-9,11H,1-5H3,(H,18,19)/t11-/m1/s1. The molecule has 1 heterocycles. The summed E-state index contributed by atoms with van der Waals surface area (Å²) < 4.78 is 5.33. The van der Waals surface area contributed by atoms with Crippen LogP contribution < -0.4 is 5.32 Å². The molecule has 5 nitrogen and oxygen atoms in total. The third kappa shape index (κ3) is 5.34. The Balaban J connectivity index is 2.87. The fourth-order valence-corrected chi connectivity index (χ4v) is 1.84. The summed E-state index contributed by atoms with van der Waals surface area (Å²) in [6.45, 7) is 9.01. The van der Waals surface area contributed by atoms with E-state index < -0.39 is 23.5 Å². The molecule has 0 saturated heterocycles. The maximum Gasteiger partial charge on any atom is 0.329 e. The number of carbonyl (C=O) groups is 2. The molecule has 1 amide bonds. The van der Waals surface area contributed by atoms with Gasteiger partial charge < -0.3 is 10.1 Å². The lowest BCUT2D eigenvalue weighted by atomic mass is 10.0. The number of rotatable bonds is 4. The van der Waals surface area contributed by atoms with Gasteiger partial charge in [0.1, 0.15) is 16.8 Å². The Kier molecular flexibility index (Phi) is 5.72. The van der Waals surface area contributed by atoms with Crippen LogP contribution in [0.3, 0.4) is 0 Å². The Hall–Kier alpha value is -1.62. The molecule has 21 heavy (non-hydrogen) atoms. The normalized spacial score (nSPS) is 12.9. The first-order chi connectivity index (χ1) is 9.61. The maximum atomic E-state index is 12.2. The summed E-state index contributed by atoms with van der Waals surface area (Å²) in [5, 5.41) is 2.76. The van der Waals surface area contributed by atoms with Crippen LogP contribution in [0, 0.1) is 5.92 Å². The summed E-state index contributed by atoms with van der Waals surface area (Å²) in [5.74, 6) is -1.03. The molecule has 0 aliphatic rings. The van der Waals surface area contributed by atoms with Crippen LogP contribution in [0.2, 0.25) is 5.15 Å². The SMILES string of the molecule is CC(C)[C@@H](NC(=O)c1cccnc1Cl)C(=O)OC(C)(C)C. The van der Waals surface area contributed by atoms with Gasteiger partial charge in [0.25, 0.3) is 5.91 Å². The van der Waals surface area contributed by atoms with E-state index >= 15 is 0 Å². The van der Waals surface area contributed by atoms with Gasteiger partial charge in [-0.05, 0) is 38.8 Å². The first-order valence-electron chi connectivity index (χ1n) is 6.76. The topological polar surface area (TPSA) is 68.3 Å². The van der Waals surface area contributed by atoms with Crippen molar-refractivity contribution in [2.24, 2.45) is 5.92 Å². The number of carbonyl (C=O) groups excluding carboxylic acids is 2. The molecular weight excluding hydrogens is 292 g/mol. The van der Waals surface area contributed by atoms with Crippen LogP contribution in [0.1, 0.15) is 45.0 Å². The largest absolute Gasteiger partial charge is 0.458 e. The zero-order valence-corrected chi connectivity index (χ0v) is 13.7. The molecular formula is C15H21ClN2O3. The number of nitrogens with zero attached hydrogens (tertiary/aromatic N) is 1. The van der Waals surface area contributed by atoms with Crippen molar-refractivity contribution in [1.29, 1.82) is 0 Å². The number of halogens is 1. The van der Waals surface area contributed by atoms with Crippen LogP contribution in [-0.4, -0.2) is 28.5 Å². The minimum atomic E-state index is -0.743. The molecule has 0 bridgehead atoms. The number of amides is 1. The molecule has 0 saturated carbocycles. The lowest BCUT2D eigenvalue weighted by Crippen LogP contribution is -2.47. The Morgan fingerprint density at radius 1 is 1.33 bits per heavy atom. The molecule has 0 radical (unpaired) electrons. The van der Waals surface area contributed by atoms with Gasteiger partial charge in [-0.2, -0.15) is 0 Å². The fraction of sp³-hybridized carbons (Fsp3) is 0.533. The molecule has 1 aromatic heterocycles. The molecule has 0 unspecified atom stereocenters. The van der Waals surface area contributed by atoms with Crippen molar-refractivity contribution in [3.05, 3.63) is 29.0 Å². The van der Waals surface area contributed by atoms with Crippen molar-refractivity contribution in [3.63, 3.8) is 0 Å². The Labute approximate surface area is 130 Å². The zero-order chi connectivity index (χ0) is 16.2. The second-order valence-corrected chi connectivity index (χ2v) is 6.43. The van der Waals surface area contributed by atoms with E-state index in [1.54, 1.807) is 32.9 Å². The lowest BCUT2D eigenvalue weighted by molar-refractivity contribution is -0.158. The molecule has 1 aromatic rings. The number of esters is 1. The van der Waals surface area contributed by atoms with Gasteiger partial charge in [0.15, 0.2) is 0 Å². The molecule has 1 N–H and O–H groups in total.